The average Bonchev–Trinajstić information content (AvgIpc) is 3.21. The van der Waals surface area contributed by atoms with Gasteiger partial charge in [0.05, 0.1) is 57.8 Å². The third kappa shape index (κ3) is 4.79. The number of nitrogens with zero attached hydrogens (tertiary/aromatic N) is 1. The van der Waals surface area contributed by atoms with Crippen LogP contribution in [-0.2, 0) is 9.59 Å². The van der Waals surface area contributed by atoms with Gasteiger partial charge in [-0.1, -0.05) is 17.7 Å². The number of hydrogen-bond acceptors (Lipinski definition) is 8. The minimum absolute atomic E-state index is 0.0398. The minimum Gasteiger partial charge on any atom is -0.507 e. The Morgan fingerprint density at radius 1 is 0.846 bits per heavy atom. The molecule has 1 saturated heterocycles. The summed E-state index contributed by atoms with van der Waals surface area (Å²) in [5.41, 5.74) is 0.152. The van der Waals surface area contributed by atoms with Gasteiger partial charge in [-0.3, -0.25) is 14.5 Å². The van der Waals surface area contributed by atoms with Crippen molar-refractivity contribution in [2.75, 3.05) is 40.4 Å². The number of aliphatic hydroxyl groups excluding tert-OH is 1. The van der Waals surface area contributed by atoms with Gasteiger partial charge in [0.15, 0.2) is 11.5 Å². The van der Waals surface area contributed by atoms with Crippen LogP contribution >= 0.6 is 11.6 Å². The molecule has 3 aromatic carbocycles. The maximum Gasteiger partial charge on any atom is 0.300 e. The summed E-state index contributed by atoms with van der Waals surface area (Å²) in [7, 11) is 7.03. The first-order valence-corrected chi connectivity index (χ1v) is 11.9. The summed E-state index contributed by atoms with van der Waals surface area (Å²) in [6, 6.07) is 9.84. The number of benzene rings is 3. The van der Waals surface area contributed by atoms with E-state index in [4.69, 9.17) is 35.3 Å². The molecule has 0 spiro atoms. The number of ether oxygens (including phenoxy) is 5. The van der Waals surface area contributed by atoms with Crippen LogP contribution in [0.4, 0.5) is 10.1 Å². The minimum atomic E-state index is -1.23. The fourth-order valence-corrected chi connectivity index (χ4v) is 4.73. The number of methoxy groups -OCH3 is 5. The quantitative estimate of drug-likeness (QED) is 0.230. The van der Waals surface area contributed by atoms with Gasteiger partial charge in [0.25, 0.3) is 11.7 Å². The van der Waals surface area contributed by atoms with Gasteiger partial charge in [-0.25, -0.2) is 4.39 Å². The molecule has 39 heavy (non-hydrogen) atoms. The van der Waals surface area contributed by atoms with E-state index in [-0.39, 0.29) is 50.6 Å². The van der Waals surface area contributed by atoms with Crippen LogP contribution in [0.1, 0.15) is 17.2 Å². The molecule has 1 aliphatic rings. The summed E-state index contributed by atoms with van der Waals surface area (Å²) < 4.78 is 41.2. The Labute approximate surface area is 228 Å². The van der Waals surface area contributed by atoms with Crippen LogP contribution in [0.25, 0.3) is 5.76 Å². The number of hydrogen-bond donors (Lipinski definition) is 1. The second-order valence-electron chi connectivity index (χ2n) is 8.29. The standard InChI is InChI=1S/C28H25ClFNO8/c1-35-19-13-20(36-2)18(29)12-17(19)25(32)23-24(14-9-21(37-3)27(39-5)22(10-14)38-4)31(28(34)26(23)33)16-8-6-7-15(30)11-16/h6-13,24,32H,1-5H3/b25-23+. The number of carbonyl (C=O) groups excluding carboxylic acids is 2. The van der Waals surface area contributed by atoms with Crippen LogP contribution in [0, 0.1) is 5.82 Å². The maximum absolute atomic E-state index is 14.3. The zero-order valence-corrected chi connectivity index (χ0v) is 22.5. The van der Waals surface area contributed by atoms with Gasteiger partial charge in [0.2, 0.25) is 5.75 Å². The molecule has 1 N–H and O–H groups in total. The van der Waals surface area contributed by atoms with E-state index in [1.54, 1.807) is 0 Å². The zero-order valence-electron chi connectivity index (χ0n) is 21.7. The molecule has 1 atom stereocenters. The highest BCUT2D eigenvalue weighted by Crippen LogP contribution is 2.48. The molecule has 3 aromatic rings. The number of halogens is 2. The Bertz CT molecular complexity index is 1460. The van der Waals surface area contributed by atoms with Crippen molar-refractivity contribution < 1.29 is 42.8 Å². The zero-order chi connectivity index (χ0) is 28.4. The van der Waals surface area contributed by atoms with Crippen molar-refractivity contribution >= 4 is 34.7 Å². The summed E-state index contributed by atoms with van der Waals surface area (Å²) in [4.78, 5) is 28.1. The molecule has 1 heterocycles. The van der Waals surface area contributed by atoms with E-state index in [0.29, 0.717) is 5.56 Å². The molecule has 1 amide bonds. The number of Topliss-reactive ketones (excluding diaryl/α,β-unsaturated/α-hetero) is 1. The van der Waals surface area contributed by atoms with E-state index in [1.807, 2.05) is 0 Å². The predicted octanol–water partition coefficient (Wildman–Crippen LogP) is 5.15. The van der Waals surface area contributed by atoms with Gasteiger partial charge in [-0.15, -0.1) is 0 Å². The fourth-order valence-electron chi connectivity index (χ4n) is 4.49. The van der Waals surface area contributed by atoms with Crippen molar-refractivity contribution in [1.82, 2.24) is 0 Å². The molecule has 11 heteroatoms. The summed E-state index contributed by atoms with van der Waals surface area (Å²) >= 11 is 6.32. The van der Waals surface area contributed by atoms with Gasteiger partial charge >= 0.3 is 0 Å². The number of aliphatic hydroxyl groups is 1. The molecular weight excluding hydrogens is 533 g/mol. The lowest BCUT2D eigenvalue weighted by Crippen LogP contribution is -2.29. The Morgan fingerprint density at radius 3 is 2.00 bits per heavy atom. The van der Waals surface area contributed by atoms with Crippen LogP contribution in [-0.4, -0.2) is 52.3 Å². The van der Waals surface area contributed by atoms with E-state index in [0.717, 1.165) is 11.0 Å². The lowest BCUT2D eigenvalue weighted by Gasteiger charge is -2.27. The Balaban J connectivity index is 2.06. The highest BCUT2D eigenvalue weighted by molar-refractivity contribution is 6.51. The van der Waals surface area contributed by atoms with Crippen molar-refractivity contribution in [1.29, 1.82) is 0 Å². The van der Waals surface area contributed by atoms with Crippen molar-refractivity contribution in [3.8, 4) is 28.7 Å². The molecule has 0 aromatic heterocycles. The monoisotopic (exact) mass is 557 g/mol. The molecule has 1 aliphatic heterocycles. The number of anilines is 1. The number of rotatable bonds is 8. The van der Waals surface area contributed by atoms with Crippen LogP contribution in [0.2, 0.25) is 5.02 Å². The summed E-state index contributed by atoms with van der Waals surface area (Å²) in [5, 5.41) is 11.7. The Morgan fingerprint density at radius 2 is 1.46 bits per heavy atom. The lowest BCUT2D eigenvalue weighted by atomic mass is 9.94. The van der Waals surface area contributed by atoms with Crippen LogP contribution in [0.15, 0.2) is 54.1 Å². The lowest BCUT2D eigenvalue weighted by molar-refractivity contribution is -0.132. The highest BCUT2D eigenvalue weighted by atomic mass is 35.5. The first-order chi connectivity index (χ1) is 18.7. The molecule has 0 bridgehead atoms. The maximum atomic E-state index is 14.3. The average molecular weight is 558 g/mol. The highest BCUT2D eigenvalue weighted by Gasteiger charge is 2.48. The first kappa shape index (κ1) is 27.6. The first-order valence-electron chi connectivity index (χ1n) is 11.5. The molecule has 0 aliphatic carbocycles. The van der Waals surface area contributed by atoms with Crippen molar-refractivity contribution in [3.05, 3.63) is 76.1 Å². The molecular formula is C28H25ClFNO8. The van der Waals surface area contributed by atoms with E-state index in [9.17, 15) is 19.1 Å². The number of ketones is 1. The van der Waals surface area contributed by atoms with Crippen LogP contribution < -0.4 is 28.6 Å². The summed E-state index contributed by atoms with van der Waals surface area (Å²) in [6.07, 6.45) is 0. The van der Waals surface area contributed by atoms with E-state index in [2.05, 4.69) is 0 Å². The summed E-state index contributed by atoms with van der Waals surface area (Å²) in [5.74, 6) is -2.03. The van der Waals surface area contributed by atoms with Gasteiger partial charge in [0.1, 0.15) is 23.1 Å². The second-order valence-corrected chi connectivity index (χ2v) is 8.70. The third-order valence-corrected chi connectivity index (χ3v) is 6.56. The largest absolute Gasteiger partial charge is 0.507 e. The third-order valence-electron chi connectivity index (χ3n) is 6.26. The van der Waals surface area contributed by atoms with Crippen LogP contribution in [0.5, 0.6) is 28.7 Å². The smallest absolute Gasteiger partial charge is 0.300 e. The second kappa shape index (κ2) is 11.1. The van der Waals surface area contributed by atoms with E-state index >= 15 is 0 Å². The van der Waals surface area contributed by atoms with Crippen molar-refractivity contribution in [3.63, 3.8) is 0 Å². The van der Waals surface area contributed by atoms with E-state index in [1.165, 1.54) is 78.0 Å². The van der Waals surface area contributed by atoms with Gasteiger partial charge in [-0.2, -0.15) is 0 Å². The molecule has 1 fully saturated rings. The van der Waals surface area contributed by atoms with Gasteiger partial charge in [-0.05, 0) is 42.0 Å². The molecule has 0 radical (unpaired) electrons. The molecule has 4 rings (SSSR count). The Kier molecular flexibility index (Phi) is 7.87. The van der Waals surface area contributed by atoms with Gasteiger partial charge in [0, 0.05) is 11.8 Å². The molecule has 0 saturated carbocycles. The van der Waals surface area contributed by atoms with Crippen molar-refractivity contribution in [2.45, 2.75) is 6.04 Å². The van der Waals surface area contributed by atoms with Gasteiger partial charge < -0.3 is 28.8 Å². The number of amides is 1. The summed E-state index contributed by atoms with van der Waals surface area (Å²) in [6.45, 7) is 0. The molecule has 1 unspecified atom stereocenters. The Hall–Kier alpha value is -4.44. The predicted molar refractivity (Wildman–Crippen MR) is 142 cm³/mol. The molecule has 204 valence electrons. The fraction of sp³-hybridized carbons (Fsp3) is 0.214. The van der Waals surface area contributed by atoms with Crippen molar-refractivity contribution in [2.24, 2.45) is 0 Å². The normalized spacial score (nSPS) is 16.3. The topological polar surface area (TPSA) is 104 Å². The van der Waals surface area contributed by atoms with Crippen LogP contribution in [0.3, 0.4) is 0 Å². The number of carbonyl (C=O) groups is 2. The molecule has 9 nitrogen and oxygen atoms in total. The van der Waals surface area contributed by atoms with E-state index < -0.39 is 29.3 Å². The SMILES string of the molecule is COc1cc(OC)c(/C(O)=C2\C(=O)C(=O)N(c3cccc(F)c3)C2c2cc(OC)c(OC)c(OC)c2)cc1Cl.